The van der Waals surface area contributed by atoms with Crippen molar-refractivity contribution in [2.75, 3.05) is 13.1 Å². The molecule has 2 aliphatic rings. The number of nitrogens with two attached hydrogens (primary N) is 1. The van der Waals surface area contributed by atoms with Gasteiger partial charge < -0.3 is 4.90 Å². The molecular weight excluding hydrogens is 312 g/mol. The van der Waals surface area contributed by atoms with Crippen LogP contribution in [0, 0.1) is 11.8 Å². The fraction of sp³-hybridized carbons (Fsp3) is 0.500. The zero-order chi connectivity index (χ0) is 15.2. The van der Waals surface area contributed by atoms with Crippen LogP contribution >= 0.6 is 11.6 Å². The smallest absolute Gasteiger partial charge is 0.253 e. The second-order valence-electron chi connectivity index (χ2n) is 5.83. The van der Waals surface area contributed by atoms with E-state index in [0.717, 1.165) is 25.4 Å². The lowest BCUT2D eigenvalue weighted by Gasteiger charge is -2.17. The number of likely N-dealkylation sites (tertiary alicyclic amines) is 1. The summed E-state index contributed by atoms with van der Waals surface area (Å²) in [5.41, 5.74) is 0.406. The van der Waals surface area contributed by atoms with Gasteiger partial charge in [-0.1, -0.05) is 11.6 Å². The Morgan fingerprint density at radius 1 is 1.24 bits per heavy atom. The van der Waals surface area contributed by atoms with Gasteiger partial charge in [-0.15, -0.1) is 0 Å². The molecule has 1 unspecified atom stereocenters. The summed E-state index contributed by atoms with van der Waals surface area (Å²) in [5, 5.41) is 5.04. The van der Waals surface area contributed by atoms with E-state index < -0.39 is 10.0 Å². The van der Waals surface area contributed by atoms with Gasteiger partial charge in [-0.05, 0) is 49.3 Å². The Hall–Kier alpha value is -1.11. The number of sulfonamides is 1. The van der Waals surface area contributed by atoms with Crippen LogP contribution in [0.4, 0.5) is 0 Å². The molecule has 0 spiro atoms. The lowest BCUT2D eigenvalue weighted by atomic mass is 10.0. The van der Waals surface area contributed by atoms with Gasteiger partial charge in [-0.25, -0.2) is 13.6 Å². The molecule has 114 valence electrons. The van der Waals surface area contributed by atoms with E-state index in [1.165, 1.54) is 31.0 Å². The van der Waals surface area contributed by atoms with E-state index in [2.05, 4.69) is 0 Å². The highest BCUT2D eigenvalue weighted by atomic mass is 35.5. The molecule has 7 heteroatoms. The first-order chi connectivity index (χ1) is 9.86. The number of carbonyl (C=O) groups excluding carboxylic acids is 1. The van der Waals surface area contributed by atoms with E-state index in [-0.39, 0.29) is 15.8 Å². The number of benzene rings is 1. The summed E-state index contributed by atoms with van der Waals surface area (Å²) in [4.78, 5) is 14.1. The number of primary sulfonamides is 1. The van der Waals surface area contributed by atoms with E-state index in [0.29, 0.717) is 11.5 Å². The van der Waals surface area contributed by atoms with E-state index in [9.17, 15) is 13.2 Å². The lowest BCUT2D eigenvalue weighted by molar-refractivity contribution is 0.0785. The van der Waals surface area contributed by atoms with Crippen LogP contribution < -0.4 is 5.14 Å². The van der Waals surface area contributed by atoms with Gasteiger partial charge in [0, 0.05) is 18.7 Å². The third-order valence-corrected chi connectivity index (χ3v) is 5.68. The molecule has 1 saturated heterocycles. The van der Waals surface area contributed by atoms with Crippen LogP contribution in [0.25, 0.3) is 0 Å². The Balaban J connectivity index is 1.77. The first kappa shape index (κ1) is 14.8. The standard InChI is InChI=1S/C14H17ClN2O3S/c15-12-7-10(3-4-13(12)21(16,19)20)14(18)17-6-5-11(8-17)9-1-2-9/h3-4,7,9,11H,1-2,5-6,8H2,(H2,16,19,20). The molecule has 1 amide bonds. The maximum atomic E-state index is 12.4. The maximum absolute atomic E-state index is 12.4. The molecule has 2 fully saturated rings. The number of rotatable bonds is 3. The van der Waals surface area contributed by atoms with Gasteiger partial charge in [0.05, 0.1) is 5.02 Å². The fourth-order valence-electron chi connectivity index (χ4n) is 2.97. The van der Waals surface area contributed by atoms with Crippen LogP contribution in [0.1, 0.15) is 29.6 Å². The van der Waals surface area contributed by atoms with Gasteiger partial charge in [0.1, 0.15) is 4.90 Å². The molecule has 1 heterocycles. The number of hydrogen-bond donors (Lipinski definition) is 1. The normalized spacial score (nSPS) is 22.6. The highest BCUT2D eigenvalue weighted by Gasteiger charge is 2.37. The highest BCUT2D eigenvalue weighted by molar-refractivity contribution is 7.89. The number of amides is 1. The number of hydrogen-bond acceptors (Lipinski definition) is 3. The Labute approximate surface area is 129 Å². The number of carbonyl (C=O) groups is 1. The Morgan fingerprint density at radius 2 is 1.95 bits per heavy atom. The van der Waals surface area contributed by atoms with Crippen molar-refractivity contribution >= 4 is 27.5 Å². The van der Waals surface area contributed by atoms with Gasteiger partial charge in [-0.2, -0.15) is 0 Å². The third-order valence-electron chi connectivity index (χ3n) is 4.29. The predicted molar refractivity (Wildman–Crippen MR) is 79.6 cm³/mol. The van der Waals surface area contributed by atoms with Crippen LogP contribution in [0.15, 0.2) is 23.1 Å². The molecule has 1 aromatic carbocycles. The molecule has 2 N–H and O–H groups in total. The monoisotopic (exact) mass is 328 g/mol. The van der Waals surface area contributed by atoms with Crippen molar-refractivity contribution in [2.24, 2.45) is 17.0 Å². The topological polar surface area (TPSA) is 80.5 Å². The minimum Gasteiger partial charge on any atom is -0.338 e. The van der Waals surface area contributed by atoms with Crippen molar-refractivity contribution in [3.8, 4) is 0 Å². The molecule has 1 atom stereocenters. The van der Waals surface area contributed by atoms with Crippen molar-refractivity contribution in [2.45, 2.75) is 24.2 Å². The quantitative estimate of drug-likeness (QED) is 0.919. The molecule has 0 bridgehead atoms. The second kappa shape index (κ2) is 5.26. The summed E-state index contributed by atoms with van der Waals surface area (Å²) in [6, 6.07) is 4.14. The zero-order valence-electron chi connectivity index (χ0n) is 11.5. The second-order valence-corrected chi connectivity index (χ2v) is 7.76. The molecule has 0 radical (unpaired) electrons. The average Bonchev–Trinajstić information content (AvgIpc) is 3.14. The van der Waals surface area contributed by atoms with Crippen LogP contribution in [0.2, 0.25) is 5.02 Å². The molecule has 1 aliphatic carbocycles. The minimum atomic E-state index is -3.86. The number of halogens is 1. The van der Waals surface area contributed by atoms with Gasteiger partial charge in [0.15, 0.2) is 0 Å². The molecule has 1 saturated carbocycles. The third kappa shape index (κ3) is 3.07. The molecule has 3 rings (SSSR count). The van der Waals surface area contributed by atoms with Crippen LogP contribution in [0.5, 0.6) is 0 Å². The molecule has 0 aromatic heterocycles. The predicted octanol–water partition coefficient (Wildman–Crippen LogP) is 1.86. The van der Waals surface area contributed by atoms with Crippen LogP contribution in [-0.2, 0) is 10.0 Å². The van der Waals surface area contributed by atoms with Gasteiger partial charge in [-0.3, -0.25) is 4.79 Å². The van der Waals surface area contributed by atoms with Crippen molar-refractivity contribution in [1.82, 2.24) is 4.90 Å². The number of nitrogens with zero attached hydrogens (tertiary/aromatic N) is 1. The first-order valence-electron chi connectivity index (χ1n) is 6.98. The van der Waals surface area contributed by atoms with E-state index in [4.69, 9.17) is 16.7 Å². The van der Waals surface area contributed by atoms with Crippen molar-refractivity contribution in [1.29, 1.82) is 0 Å². The summed E-state index contributed by atoms with van der Waals surface area (Å²) in [7, 11) is -3.86. The van der Waals surface area contributed by atoms with Gasteiger partial charge in [0.2, 0.25) is 10.0 Å². The van der Waals surface area contributed by atoms with E-state index in [1.807, 2.05) is 4.90 Å². The lowest BCUT2D eigenvalue weighted by Crippen LogP contribution is -2.29. The Morgan fingerprint density at radius 3 is 2.52 bits per heavy atom. The van der Waals surface area contributed by atoms with Crippen LogP contribution in [0.3, 0.4) is 0 Å². The van der Waals surface area contributed by atoms with Gasteiger partial charge >= 0.3 is 0 Å². The summed E-state index contributed by atoms with van der Waals surface area (Å²) in [6.45, 7) is 1.55. The SMILES string of the molecule is NS(=O)(=O)c1ccc(C(=O)N2CCC(C3CC3)C2)cc1Cl. The summed E-state index contributed by atoms with van der Waals surface area (Å²) in [6.07, 6.45) is 3.61. The maximum Gasteiger partial charge on any atom is 0.253 e. The Kier molecular flexibility index (Phi) is 3.71. The summed E-state index contributed by atoms with van der Waals surface area (Å²) >= 11 is 5.92. The first-order valence-corrected chi connectivity index (χ1v) is 8.90. The highest BCUT2D eigenvalue weighted by Crippen LogP contribution is 2.41. The van der Waals surface area contributed by atoms with Crippen LogP contribution in [-0.4, -0.2) is 32.3 Å². The molecule has 5 nitrogen and oxygen atoms in total. The largest absolute Gasteiger partial charge is 0.338 e. The van der Waals surface area contributed by atoms with Crippen molar-refractivity contribution in [3.05, 3.63) is 28.8 Å². The van der Waals surface area contributed by atoms with Crippen molar-refractivity contribution in [3.63, 3.8) is 0 Å². The van der Waals surface area contributed by atoms with Gasteiger partial charge in [0.25, 0.3) is 5.91 Å². The molecule has 1 aromatic rings. The van der Waals surface area contributed by atoms with E-state index in [1.54, 1.807) is 0 Å². The average molecular weight is 329 g/mol. The fourth-order valence-corrected chi connectivity index (χ4v) is 4.06. The zero-order valence-corrected chi connectivity index (χ0v) is 13.0. The van der Waals surface area contributed by atoms with E-state index >= 15 is 0 Å². The summed E-state index contributed by atoms with van der Waals surface area (Å²) in [5.74, 6) is 1.31. The molecule has 1 aliphatic heterocycles. The van der Waals surface area contributed by atoms with Crippen molar-refractivity contribution < 1.29 is 13.2 Å². The molecule has 21 heavy (non-hydrogen) atoms. The Bertz CT molecular complexity index is 685. The molecular formula is C14H17ClN2O3S. The summed E-state index contributed by atoms with van der Waals surface area (Å²) < 4.78 is 22.6. The minimum absolute atomic E-state index is 0.0127.